The second kappa shape index (κ2) is 7.76. The largest absolute Gasteiger partial charge is 0.450 e. The maximum absolute atomic E-state index is 11.0. The number of carbonyl (C=O) groups excluding carboxylic acids is 1. The first-order valence-corrected chi connectivity index (χ1v) is 6.75. The van der Waals surface area contributed by atoms with Gasteiger partial charge < -0.3 is 14.9 Å². The average Bonchev–Trinajstić information content (AvgIpc) is 2.91. The van der Waals surface area contributed by atoms with Crippen LogP contribution in [0.25, 0.3) is 6.08 Å². The SMILES string of the molecule is C=CC(=O)OC1C=Cc2ccccc21.CC(C)(CO)CO. The number of hydrogen-bond donors (Lipinski definition) is 2. The monoisotopic (exact) mass is 290 g/mol. The summed E-state index contributed by atoms with van der Waals surface area (Å²) in [5.41, 5.74) is 1.83. The van der Waals surface area contributed by atoms with Crippen molar-refractivity contribution in [3.05, 3.63) is 54.1 Å². The van der Waals surface area contributed by atoms with Gasteiger partial charge in [0, 0.05) is 17.1 Å². The number of ether oxygens (including phenoxy) is 1. The molecule has 4 nitrogen and oxygen atoms in total. The Kier molecular flexibility index (Phi) is 6.34. The Morgan fingerprint density at radius 2 is 1.95 bits per heavy atom. The van der Waals surface area contributed by atoms with Crippen LogP contribution < -0.4 is 0 Å². The molecule has 0 bridgehead atoms. The second-order valence-electron chi connectivity index (χ2n) is 5.53. The smallest absolute Gasteiger partial charge is 0.331 e. The summed E-state index contributed by atoms with van der Waals surface area (Å²) in [7, 11) is 0. The third kappa shape index (κ3) is 5.17. The molecular weight excluding hydrogens is 268 g/mol. The summed E-state index contributed by atoms with van der Waals surface area (Å²) in [6, 6.07) is 7.84. The van der Waals surface area contributed by atoms with E-state index in [1.807, 2.05) is 36.4 Å². The highest BCUT2D eigenvalue weighted by atomic mass is 16.5. The quantitative estimate of drug-likeness (QED) is 0.660. The number of fused-ring (bicyclic) bond motifs is 1. The first kappa shape index (κ1) is 17.1. The summed E-state index contributed by atoms with van der Waals surface area (Å²) in [4.78, 5) is 11.0. The van der Waals surface area contributed by atoms with Gasteiger partial charge in [0.15, 0.2) is 0 Å². The Labute approximate surface area is 125 Å². The van der Waals surface area contributed by atoms with Crippen molar-refractivity contribution in [3.8, 4) is 0 Å². The maximum Gasteiger partial charge on any atom is 0.331 e. The molecule has 0 fully saturated rings. The topological polar surface area (TPSA) is 66.8 Å². The summed E-state index contributed by atoms with van der Waals surface area (Å²) < 4.78 is 5.14. The molecule has 1 atom stereocenters. The van der Waals surface area contributed by atoms with Crippen LogP contribution in [0, 0.1) is 5.41 Å². The summed E-state index contributed by atoms with van der Waals surface area (Å²) in [6.45, 7) is 7.05. The predicted octanol–water partition coefficient (Wildman–Crippen LogP) is 2.48. The molecule has 0 saturated carbocycles. The molecule has 0 aromatic heterocycles. The van der Waals surface area contributed by atoms with E-state index in [-0.39, 0.29) is 24.7 Å². The van der Waals surface area contributed by atoms with E-state index < -0.39 is 5.97 Å². The van der Waals surface area contributed by atoms with Crippen molar-refractivity contribution in [3.63, 3.8) is 0 Å². The van der Waals surface area contributed by atoms with Crippen molar-refractivity contribution in [1.29, 1.82) is 0 Å². The van der Waals surface area contributed by atoms with E-state index in [0.29, 0.717) is 0 Å². The summed E-state index contributed by atoms with van der Waals surface area (Å²) >= 11 is 0. The molecule has 1 aliphatic carbocycles. The lowest BCUT2D eigenvalue weighted by Crippen LogP contribution is -2.20. The number of aliphatic hydroxyl groups is 2. The number of esters is 1. The van der Waals surface area contributed by atoms with Gasteiger partial charge in [-0.3, -0.25) is 0 Å². The van der Waals surface area contributed by atoms with Gasteiger partial charge in [-0.25, -0.2) is 4.79 Å². The zero-order valence-electron chi connectivity index (χ0n) is 12.5. The minimum atomic E-state index is -0.392. The van der Waals surface area contributed by atoms with E-state index in [2.05, 4.69) is 6.58 Å². The highest BCUT2D eigenvalue weighted by Crippen LogP contribution is 2.30. The number of aliphatic hydroxyl groups excluding tert-OH is 2. The van der Waals surface area contributed by atoms with Crippen LogP contribution >= 0.6 is 0 Å². The lowest BCUT2D eigenvalue weighted by atomic mass is 9.97. The number of hydrogen-bond acceptors (Lipinski definition) is 4. The standard InChI is InChI=1S/C12H10O2.C5H12O2/c1-2-12(13)14-11-8-7-9-5-3-4-6-10(9)11;1-5(2,3-6)4-7/h2-8,11H,1H2;6-7H,3-4H2,1-2H3. The fourth-order valence-corrected chi connectivity index (χ4v) is 1.54. The molecule has 0 aliphatic heterocycles. The Morgan fingerprint density at radius 3 is 2.48 bits per heavy atom. The van der Waals surface area contributed by atoms with Crippen molar-refractivity contribution in [2.24, 2.45) is 5.41 Å². The highest BCUT2D eigenvalue weighted by molar-refractivity contribution is 5.82. The zero-order chi connectivity index (χ0) is 15.9. The molecule has 0 saturated heterocycles. The van der Waals surface area contributed by atoms with Crippen molar-refractivity contribution in [2.45, 2.75) is 20.0 Å². The second-order valence-corrected chi connectivity index (χ2v) is 5.53. The fourth-order valence-electron chi connectivity index (χ4n) is 1.54. The summed E-state index contributed by atoms with van der Waals surface area (Å²) in [5.74, 6) is -0.392. The number of benzene rings is 1. The molecule has 1 aliphatic rings. The molecule has 1 unspecified atom stereocenters. The normalized spacial score (nSPS) is 15.7. The third-order valence-electron chi connectivity index (χ3n) is 3.02. The predicted molar refractivity (Wildman–Crippen MR) is 82.5 cm³/mol. The Bertz CT molecular complexity index is 511. The van der Waals surface area contributed by atoms with Crippen molar-refractivity contribution >= 4 is 12.0 Å². The van der Waals surface area contributed by atoms with Crippen molar-refractivity contribution in [2.75, 3.05) is 13.2 Å². The zero-order valence-corrected chi connectivity index (χ0v) is 12.5. The molecular formula is C17H22O4. The molecule has 0 heterocycles. The Hall–Kier alpha value is -1.91. The number of carbonyl (C=O) groups is 1. The van der Waals surface area contributed by atoms with Gasteiger partial charge in [0.05, 0.1) is 13.2 Å². The fraction of sp³-hybridized carbons (Fsp3) is 0.353. The van der Waals surface area contributed by atoms with Crippen LogP contribution in [-0.2, 0) is 9.53 Å². The van der Waals surface area contributed by atoms with E-state index in [1.165, 1.54) is 6.08 Å². The molecule has 1 aromatic rings. The first-order chi connectivity index (χ1) is 9.93. The molecule has 1 aromatic carbocycles. The van der Waals surface area contributed by atoms with Crippen LogP contribution in [0.15, 0.2) is 43.0 Å². The van der Waals surface area contributed by atoms with Gasteiger partial charge in [0.25, 0.3) is 0 Å². The minimum Gasteiger partial charge on any atom is -0.450 e. The van der Waals surface area contributed by atoms with Crippen LogP contribution in [0.5, 0.6) is 0 Å². The van der Waals surface area contributed by atoms with Gasteiger partial charge in [0.2, 0.25) is 0 Å². The van der Waals surface area contributed by atoms with Gasteiger partial charge in [-0.2, -0.15) is 0 Å². The van der Waals surface area contributed by atoms with E-state index in [0.717, 1.165) is 11.1 Å². The lowest BCUT2D eigenvalue weighted by Gasteiger charge is -2.16. The molecule has 2 N–H and O–H groups in total. The van der Waals surface area contributed by atoms with Crippen molar-refractivity contribution < 1.29 is 19.7 Å². The Morgan fingerprint density at radius 1 is 1.33 bits per heavy atom. The third-order valence-corrected chi connectivity index (χ3v) is 3.02. The van der Waals surface area contributed by atoms with Gasteiger partial charge in [-0.05, 0) is 11.6 Å². The summed E-state index contributed by atoms with van der Waals surface area (Å²) in [5, 5.41) is 16.9. The van der Waals surface area contributed by atoms with E-state index in [4.69, 9.17) is 14.9 Å². The highest BCUT2D eigenvalue weighted by Gasteiger charge is 2.19. The van der Waals surface area contributed by atoms with Gasteiger partial charge in [0.1, 0.15) is 6.10 Å². The lowest BCUT2D eigenvalue weighted by molar-refractivity contribution is -0.141. The van der Waals surface area contributed by atoms with Gasteiger partial charge in [-0.15, -0.1) is 0 Å². The maximum atomic E-state index is 11.0. The molecule has 114 valence electrons. The minimum absolute atomic E-state index is 0.0451. The molecule has 21 heavy (non-hydrogen) atoms. The molecule has 0 radical (unpaired) electrons. The van der Waals surface area contributed by atoms with E-state index >= 15 is 0 Å². The van der Waals surface area contributed by atoms with E-state index in [1.54, 1.807) is 13.8 Å². The van der Waals surface area contributed by atoms with Crippen LogP contribution in [0.2, 0.25) is 0 Å². The first-order valence-electron chi connectivity index (χ1n) is 6.75. The molecule has 2 rings (SSSR count). The van der Waals surface area contributed by atoms with Gasteiger partial charge >= 0.3 is 5.97 Å². The molecule has 0 spiro atoms. The van der Waals surface area contributed by atoms with Crippen LogP contribution in [0.1, 0.15) is 31.1 Å². The summed E-state index contributed by atoms with van der Waals surface area (Å²) in [6.07, 6.45) is 4.74. The van der Waals surface area contributed by atoms with Gasteiger partial charge in [-0.1, -0.05) is 50.8 Å². The average molecular weight is 290 g/mol. The van der Waals surface area contributed by atoms with Crippen LogP contribution in [-0.4, -0.2) is 29.4 Å². The molecule has 0 amide bonds. The van der Waals surface area contributed by atoms with Crippen LogP contribution in [0.4, 0.5) is 0 Å². The van der Waals surface area contributed by atoms with E-state index in [9.17, 15) is 4.79 Å². The Balaban J connectivity index is 0.000000270. The molecule has 4 heteroatoms. The van der Waals surface area contributed by atoms with Crippen molar-refractivity contribution in [1.82, 2.24) is 0 Å². The van der Waals surface area contributed by atoms with Crippen LogP contribution in [0.3, 0.4) is 0 Å². The number of rotatable bonds is 4.